The van der Waals surface area contributed by atoms with Crippen LogP contribution in [0.2, 0.25) is 0 Å². The molecular formula is C51H66N4O11S2. The van der Waals surface area contributed by atoms with E-state index in [-0.39, 0.29) is 92.2 Å². The Morgan fingerprint density at radius 2 is 1.94 bits per heavy atom. The van der Waals surface area contributed by atoms with Crippen molar-refractivity contribution in [3.63, 3.8) is 0 Å². The number of ether oxygens (including phenoxy) is 2. The quantitative estimate of drug-likeness (QED) is 0.0376. The summed E-state index contributed by atoms with van der Waals surface area (Å²) in [6.45, 7) is 3.48. The average Bonchev–Trinajstić information content (AvgIpc) is 3.95. The van der Waals surface area contributed by atoms with E-state index in [1.54, 1.807) is 47.6 Å². The molecule has 68 heavy (non-hydrogen) atoms. The van der Waals surface area contributed by atoms with Crippen molar-refractivity contribution in [3.05, 3.63) is 86.1 Å². The summed E-state index contributed by atoms with van der Waals surface area (Å²) < 4.78 is 20.4. The van der Waals surface area contributed by atoms with Gasteiger partial charge in [-0.2, -0.15) is 0 Å². The van der Waals surface area contributed by atoms with Crippen LogP contribution in [-0.2, 0) is 31.0 Å². The summed E-state index contributed by atoms with van der Waals surface area (Å²) >= 11 is 0. The minimum atomic E-state index is -1.59. The van der Waals surface area contributed by atoms with Crippen molar-refractivity contribution in [1.29, 1.82) is 0 Å². The van der Waals surface area contributed by atoms with E-state index in [9.17, 15) is 39.6 Å². The lowest BCUT2D eigenvalue weighted by Crippen LogP contribution is -2.71. The highest BCUT2D eigenvalue weighted by atomic mass is 33.1. The summed E-state index contributed by atoms with van der Waals surface area (Å²) in [5.41, 5.74) is 6.76. The first kappa shape index (κ1) is 48.9. The van der Waals surface area contributed by atoms with Crippen molar-refractivity contribution in [2.45, 2.75) is 112 Å². The van der Waals surface area contributed by atoms with E-state index in [1.807, 2.05) is 36.2 Å². The molecule has 9 rings (SSSR count). The van der Waals surface area contributed by atoms with Gasteiger partial charge in [0.1, 0.15) is 17.6 Å². The standard InChI is InChI=1S/C51H66N4O11S2/c1-4-28(9-13-57)47(62)66-49(2)35(26-60)15-33-27-67-68-41-17-32(24-58)45(53-3)37-23-55(46(37)41)43(61)18-31-22-54-42(52)19-36(31)44(33)51(49)21-30-14-29-16-38(48(63)64-39(29)20-40(30)65-51)50(10-5-6-11-50)34(25-59)8-7-12-56/h4,14-16,19-20,24,32,34-35,37,41,44-46,53-54,56-57,59-60H,5-13,17-18,21-23,25-27,52H2,1-3H3. The first-order valence-corrected chi connectivity index (χ1v) is 26.7. The van der Waals surface area contributed by atoms with Crippen LogP contribution in [0.15, 0.2) is 73.8 Å². The van der Waals surface area contributed by atoms with Gasteiger partial charge in [-0.1, -0.05) is 52.2 Å². The summed E-state index contributed by atoms with van der Waals surface area (Å²) in [7, 11) is 5.20. The maximum atomic E-state index is 14.7. The number of rotatable bonds is 13. The van der Waals surface area contributed by atoms with Gasteiger partial charge in [-0.3, -0.25) is 4.79 Å². The number of dihydropyridines is 1. The number of allylic oxidation sites excluding steroid dienone is 2. The van der Waals surface area contributed by atoms with E-state index >= 15 is 0 Å². The lowest BCUT2D eigenvalue weighted by Gasteiger charge is -2.59. The van der Waals surface area contributed by atoms with Crippen LogP contribution in [0.3, 0.4) is 0 Å². The zero-order valence-electron chi connectivity index (χ0n) is 39.2. The number of carbonyl (C=O) groups excluding carboxylic acids is 3. The van der Waals surface area contributed by atoms with Gasteiger partial charge in [0, 0.05) is 109 Å². The Bertz CT molecular complexity index is 2500. The van der Waals surface area contributed by atoms with Gasteiger partial charge in [-0.05, 0) is 93.8 Å². The van der Waals surface area contributed by atoms with Gasteiger partial charge in [-0.25, -0.2) is 9.59 Å². The molecule has 0 radical (unpaired) electrons. The highest BCUT2D eigenvalue weighted by Gasteiger charge is 2.67. The van der Waals surface area contributed by atoms with Gasteiger partial charge < -0.3 is 60.4 Å². The highest BCUT2D eigenvalue weighted by Crippen LogP contribution is 2.60. The molecule has 3 fully saturated rings. The van der Waals surface area contributed by atoms with Crippen molar-refractivity contribution >= 4 is 50.7 Å². The molecule has 0 bridgehead atoms. The second-order valence-electron chi connectivity index (χ2n) is 20.1. The average molecular weight is 975 g/mol. The third-order valence-corrected chi connectivity index (χ3v) is 19.7. The summed E-state index contributed by atoms with van der Waals surface area (Å²) in [5, 5.41) is 49.2. The molecule has 1 amide bonds. The molecule has 1 aromatic heterocycles. The maximum Gasteiger partial charge on any atom is 0.340 e. The highest BCUT2D eigenvalue weighted by molar-refractivity contribution is 8.77. The zero-order chi connectivity index (χ0) is 48.1. The molecule has 1 aromatic carbocycles. The number of nitrogens with zero attached hydrogens (tertiary/aromatic N) is 1. The SMILES string of the molecule is CC=C(CCO)C(=O)OC1(C)C(CO)C=C2CSSC3CC(C=O)C(NC)C4CN(C(=O)CC5=C(C=C(N)NC5)C2C12Cc1cc5cc(C6(C(CO)CCCO)CCCC6)c(=O)oc5cc1O2)C34. The van der Waals surface area contributed by atoms with Crippen LogP contribution in [-0.4, -0.2) is 124 Å². The Kier molecular flexibility index (Phi) is 14.1. The van der Waals surface area contributed by atoms with Gasteiger partial charge in [0.2, 0.25) is 5.91 Å². The number of nitrogens with two attached hydrogens (primary N) is 1. The summed E-state index contributed by atoms with van der Waals surface area (Å²) in [6.07, 6.45) is 11.7. The van der Waals surface area contributed by atoms with Crippen LogP contribution in [0, 0.1) is 29.6 Å². The monoisotopic (exact) mass is 974 g/mol. The smallest absolute Gasteiger partial charge is 0.340 e. The van der Waals surface area contributed by atoms with Gasteiger partial charge in [0.15, 0.2) is 11.2 Å². The molecular weight excluding hydrogens is 909 g/mol. The number of fused-ring (bicyclic) bond motifs is 5. The van der Waals surface area contributed by atoms with E-state index in [1.165, 1.54) is 0 Å². The molecule has 15 nitrogen and oxygen atoms in total. The fourth-order valence-electron chi connectivity index (χ4n) is 13.4. The van der Waals surface area contributed by atoms with E-state index in [2.05, 4.69) is 10.6 Å². The molecule has 8 N–H and O–H groups in total. The molecule has 10 atom stereocenters. The van der Waals surface area contributed by atoms with Crippen LogP contribution < -0.4 is 26.7 Å². The Morgan fingerprint density at radius 3 is 2.63 bits per heavy atom. The Hall–Kier alpha value is -4.10. The third-order valence-electron chi connectivity index (χ3n) is 16.9. The number of amides is 1. The second kappa shape index (κ2) is 19.6. The van der Waals surface area contributed by atoms with E-state index in [0.29, 0.717) is 72.5 Å². The number of benzene rings is 1. The number of hydrogen-bond donors (Lipinski definition) is 7. The minimum Gasteiger partial charge on any atom is -0.481 e. The first-order valence-electron chi connectivity index (χ1n) is 24.3. The molecule has 17 heteroatoms. The van der Waals surface area contributed by atoms with Crippen LogP contribution in [0.4, 0.5) is 0 Å². The molecule has 4 aliphatic heterocycles. The fraction of sp³-hybridized carbons (Fsp3) is 0.608. The van der Waals surface area contributed by atoms with Crippen molar-refractivity contribution in [3.8, 4) is 5.75 Å². The number of carbonyl (C=O) groups is 3. The van der Waals surface area contributed by atoms with E-state index in [4.69, 9.17) is 19.6 Å². The topological polar surface area (TPSA) is 234 Å². The van der Waals surface area contributed by atoms with E-state index in [0.717, 1.165) is 41.4 Å². The molecule has 1 saturated heterocycles. The normalized spacial score (nSPS) is 32.5. The number of nitrogens with one attached hydrogen (secondary N) is 2. The number of aldehydes is 1. The summed E-state index contributed by atoms with van der Waals surface area (Å²) in [4.78, 5) is 57.7. The van der Waals surface area contributed by atoms with Crippen molar-refractivity contribution < 1.29 is 48.7 Å². The predicted molar refractivity (Wildman–Crippen MR) is 260 cm³/mol. The van der Waals surface area contributed by atoms with Crippen LogP contribution >= 0.6 is 21.6 Å². The van der Waals surface area contributed by atoms with Crippen molar-refractivity contribution in [2.24, 2.45) is 35.3 Å². The molecule has 10 unspecified atom stereocenters. The predicted octanol–water partition coefficient (Wildman–Crippen LogP) is 3.94. The summed E-state index contributed by atoms with van der Waals surface area (Å²) in [5.74, 6) is -1.22. The van der Waals surface area contributed by atoms with Gasteiger partial charge in [0.05, 0.1) is 30.8 Å². The number of esters is 1. The lowest BCUT2D eigenvalue weighted by atomic mass is 9.57. The maximum absolute atomic E-state index is 14.7. The lowest BCUT2D eigenvalue weighted by molar-refractivity contribution is -0.202. The van der Waals surface area contributed by atoms with Crippen LogP contribution in [0.5, 0.6) is 5.75 Å². The fourth-order valence-corrected chi connectivity index (χ4v) is 16.5. The Labute approximate surface area is 404 Å². The summed E-state index contributed by atoms with van der Waals surface area (Å²) in [6, 6.07) is 5.50. The molecule has 368 valence electrons. The van der Waals surface area contributed by atoms with Crippen molar-refractivity contribution in [2.75, 3.05) is 52.3 Å². The minimum absolute atomic E-state index is 0.0118. The van der Waals surface area contributed by atoms with Crippen molar-refractivity contribution in [1.82, 2.24) is 15.5 Å². The molecule has 1 spiro atoms. The largest absolute Gasteiger partial charge is 0.481 e. The Morgan fingerprint density at radius 1 is 1.15 bits per heavy atom. The molecule has 2 aromatic rings. The van der Waals surface area contributed by atoms with Crippen LogP contribution in [0.25, 0.3) is 11.0 Å². The molecule has 3 aliphatic carbocycles. The Balaban J connectivity index is 1.21. The number of aliphatic hydroxyl groups excluding tert-OH is 4. The molecule has 5 heterocycles. The number of hydrogen-bond acceptors (Lipinski definition) is 16. The first-order chi connectivity index (χ1) is 32.8. The van der Waals surface area contributed by atoms with Gasteiger partial charge in [-0.15, -0.1) is 0 Å². The molecule has 2 saturated carbocycles. The van der Waals surface area contributed by atoms with Crippen LogP contribution in [0.1, 0.15) is 82.8 Å². The number of aliphatic hydroxyl groups is 4. The van der Waals surface area contributed by atoms with E-state index < -0.39 is 46.7 Å². The third kappa shape index (κ3) is 8.05. The second-order valence-corrected chi connectivity index (χ2v) is 22.7. The molecule has 7 aliphatic rings. The zero-order valence-corrected chi connectivity index (χ0v) is 40.8. The van der Waals surface area contributed by atoms with Gasteiger partial charge in [0.25, 0.3) is 0 Å². The van der Waals surface area contributed by atoms with Gasteiger partial charge >= 0.3 is 11.6 Å².